The molecule has 1 unspecified atom stereocenters. The Hall–Kier alpha value is -2.70. The molecule has 25 heavy (non-hydrogen) atoms. The Kier molecular flexibility index (Phi) is 5.11. The number of halogens is 1. The minimum atomic E-state index is -0.537. The molecule has 3 rings (SSSR count). The van der Waals surface area contributed by atoms with E-state index in [1.165, 1.54) is 19.2 Å². The van der Waals surface area contributed by atoms with Crippen LogP contribution in [0, 0.1) is 18.7 Å². The van der Waals surface area contributed by atoms with Gasteiger partial charge >= 0.3 is 0 Å². The lowest BCUT2D eigenvalue weighted by molar-refractivity contribution is 0.0782. The molecular formula is C18H20FN3O3. The van der Waals surface area contributed by atoms with Gasteiger partial charge in [-0.2, -0.15) is 5.10 Å². The number of carbonyl (C=O) groups is 1. The molecule has 2 heterocycles. The second kappa shape index (κ2) is 7.46. The topological polar surface area (TPSA) is 64.5 Å². The summed E-state index contributed by atoms with van der Waals surface area (Å²) in [6.45, 7) is 3.53. The van der Waals surface area contributed by atoms with E-state index in [1.807, 2.05) is 13.0 Å². The van der Waals surface area contributed by atoms with E-state index in [0.717, 1.165) is 12.1 Å². The van der Waals surface area contributed by atoms with Crippen LogP contribution in [-0.2, 0) is 0 Å². The van der Waals surface area contributed by atoms with E-state index in [-0.39, 0.29) is 17.6 Å². The maximum Gasteiger partial charge on any atom is 0.253 e. The van der Waals surface area contributed by atoms with Gasteiger partial charge < -0.3 is 14.4 Å². The number of likely N-dealkylation sites (tertiary alicyclic amines) is 1. The summed E-state index contributed by atoms with van der Waals surface area (Å²) in [5, 5.41) is 7.90. The summed E-state index contributed by atoms with van der Waals surface area (Å²) < 4.78 is 24.3. The van der Waals surface area contributed by atoms with Gasteiger partial charge in [-0.05, 0) is 37.6 Å². The molecule has 1 aromatic carbocycles. The molecule has 0 aliphatic carbocycles. The Labute approximate surface area is 145 Å². The Morgan fingerprint density at radius 1 is 1.32 bits per heavy atom. The number of hydrogen-bond donors (Lipinski definition) is 0. The number of methoxy groups -OCH3 is 1. The Morgan fingerprint density at radius 3 is 2.84 bits per heavy atom. The number of hydrogen-bond acceptors (Lipinski definition) is 5. The highest BCUT2D eigenvalue weighted by atomic mass is 19.1. The molecule has 0 spiro atoms. The van der Waals surface area contributed by atoms with E-state index in [4.69, 9.17) is 9.47 Å². The quantitative estimate of drug-likeness (QED) is 0.833. The van der Waals surface area contributed by atoms with Gasteiger partial charge in [-0.25, -0.2) is 4.39 Å². The first kappa shape index (κ1) is 17.1. The molecule has 0 bridgehead atoms. The largest absolute Gasteiger partial charge is 0.494 e. The smallest absolute Gasteiger partial charge is 0.253 e. The molecule has 1 aliphatic heterocycles. The van der Waals surface area contributed by atoms with Crippen molar-refractivity contribution in [3.05, 3.63) is 47.4 Å². The number of carbonyl (C=O) groups excluding carboxylic acids is 1. The Balaban J connectivity index is 1.55. The Morgan fingerprint density at radius 2 is 2.16 bits per heavy atom. The number of rotatable bonds is 5. The highest BCUT2D eigenvalue weighted by molar-refractivity contribution is 5.94. The average Bonchev–Trinajstić information content (AvgIpc) is 3.09. The number of nitrogens with zero attached hydrogens (tertiary/aromatic N) is 3. The number of ether oxygens (including phenoxy) is 2. The van der Waals surface area contributed by atoms with Gasteiger partial charge in [0.25, 0.3) is 5.91 Å². The molecule has 1 fully saturated rings. The number of amides is 1. The van der Waals surface area contributed by atoms with E-state index in [2.05, 4.69) is 10.2 Å². The molecule has 1 aromatic heterocycles. The fourth-order valence-corrected chi connectivity index (χ4v) is 2.80. The summed E-state index contributed by atoms with van der Waals surface area (Å²) >= 11 is 0. The van der Waals surface area contributed by atoms with Crippen LogP contribution in [0.5, 0.6) is 11.6 Å². The third-order valence-corrected chi connectivity index (χ3v) is 4.21. The van der Waals surface area contributed by atoms with E-state index in [1.54, 1.807) is 17.0 Å². The van der Waals surface area contributed by atoms with Crippen LogP contribution in [0.3, 0.4) is 0 Å². The van der Waals surface area contributed by atoms with Crippen LogP contribution in [-0.4, -0.2) is 47.8 Å². The van der Waals surface area contributed by atoms with E-state index in [0.29, 0.717) is 31.1 Å². The molecule has 0 N–H and O–H groups in total. The number of aryl methyl sites for hydroxylation is 1. The average molecular weight is 345 g/mol. The summed E-state index contributed by atoms with van der Waals surface area (Å²) in [4.78, 5) is 14.2. The number of aromatic nitrogens is 2. The molecule has 1 atom stereocenters. The van der Waals surface area contributed by atoms with Gasteiger partial charge in [0.05, 0.1) is 19.4 Å². The van der Waals surface area contributed by atoms with E-state index >= 15 is 0 Å². The molecule has 6 nitrogen and oxygen atoms in total. The van der Waals surface area contributed by atoms with Crippen molar-refractivity contribution in [3.63, 3.8) is 0 Å². The highest BCUT2D eigenvalue weighted by Crippen LogP contribution is 2.22. The van der Waals surface area contributed by atoms with Crippen LogP contribution in [0.2, 0.25) is 0 Å². The zero-order chi connectivity index (χ0) is 17.8. The SMILES string of the molecule is COc1ccc(C(=O)N2CCC(COc3ccc(C)nn3)C2)cc1F. The lowest BCUT2D eigenvalue weighted by Gasteiger charge is -2.17. The molecular weight excluding hydrogens is 325 g/mol. The molecule has 1 saturated heterocycles. The second-order valence-electron chi connectivity index (χ2n) is 6.08. The van der Waals surface area contributed by atoms with Crippen LogP contribution >= 0.6 is 0 Å². The molecule has 0 saturated carbocycles. The highest BCUT2D eigenvalue weighted by Gasteiger charge is 2.28. The summed E-state index contributed by atoms with van der Waals surface area (Å²) in [6.07, 6.45) is 0.837. The van der Waals surface area contributed by atoms with Crippen LogP contribution in [0.25, 0.3) is 0 Å². The number of benzene rings is 1. The lowest BCUT2D eigenvalue weighted by atomic mass is 10.1. The van der Waals surface area contributed by atoms with Crippen molar-refractivity contribution in [1.82, 2.24) is 15.1 Å². The van der Waals surface area contributed by atoms with Gasteiger partial charge in [-0.3, -0.25) is 4.79 Å². The fraction of sp³-hybridized carbons (Fsp3) is 0.389. The monoisotopic (exact) mass is 345 g/mol. The van der Waals surface area contributed by atoms with Crippen molar-refractivity contribution in [3.8, 4) is 11.6 Å². The molecule has 2 aromatic rings. The van der Waals surface area contributed by atoms with Gasteiger partial charge in [0.1, 0.15) is 0 Å². The summed E-state index contributed by atoms with van der Waals surface area (Å²) in [5.41, 5.74) is 1.15. The van der Waals surface area contributed by atoms with Crippen molar-refractivity contribution < 1.29 is 18.7 Å². The van der Waals surface area contributed by atoms with Crippen molar-refractivity contribution in [2.75, 3.05) is 26.8 Å². The Bertz CT molecular complexity index is 752. The fourth-order valence-electron chi connectivity index (χ4n) is 2.80. The van der Waals surface area contributed by atoms with Gasteiger partial charge in [0.2, 0.25) is 5.88 Å². The summed E-state index contributed by atoms with van der Waals surface area (Å²) in [7, 11) is 1.39. The third-order valence-electron chi connectivity index (χ3n) is 4.21. The predicted molar refractivity (Wildman–Crippen MR) is 89.2 cm³/mol. The van der Waals surface area contributed by atoms with Gasteiger partial charge in [0.15, 0.2) is 11.6 Å². The maximum absolute atomic E-state index is 13.8. The zero-order valence-corrected chi connectivity index (χ0v) is 14.2. The third kappa shape index (κ3) is 4.04. The second-order valence-corrected chi connectivity index (χ2v) is 6.08. The molecule has 7 heteroatoms. The van der Waals surface area contributed by atoms with E-state index in [9.17, 15) is 9.18 Å². The minimum Gasteiger partial charge on any atom is -0.494 e. The van der Waals surface area contributed by atoms with Crippen LogP contribution < -0.4 is 9.47 Å². The van der Waals surface area contributed by atoms with Gasteiger partial charge in [0, 0.05) is 30.6 Å². The van der Waals surface area contributed by atoms with Crippen LogP contribution in [0.1, 0.15) is 22.5 Å². The summed E-state index contributed by atoms with van der Waals surface area (Å²) in [5.74, 6) is 0.107. The summed E-state index contributed by atoms with van der Waals surface area (Å²) in [6, 6.07) is 7.88. The van der Waals surface area contributed by atoms with Crippen molar-refractivity contribution in [1.29, 1.82) is 0 Å². The van der Waals surface area contributed by atoms with Gasteiger partial charge in [-0.1, -0.05) is 0 Å². The maximum atomic E-state index is 13.8. The first-order valence-corrected chi connectivity index (χ1v) is 8.13. The van der Waals surface area contributed by atoms with Crippen LogP contribution in [0.15, 0.2) is 30.3 Å². The molecule has 0 radical (unpaired) electrons. The normalized spacial score (nSPS) is 16.8. The van der Waals surface area contributed by atoms with Gasteiger partial charge in [-0.15, -0.1) is 5.10 Å². The minimum absolute atomic E-state index is 0.128. The zero-order valence-electron chi connectivity index (χ0n) is 14.2. The van der Waals surface area contributed by atoms with Crippen molar-refractivity contribution >= 4 is 5.91 Å². The van der Waals surface area contributed by atoms with Crippen LogP contribution in [0.4, 0.5) is 4.39 Å². The first-order chi connectivity index (χ1) is 12.1. The van der Waals surface area contributed by atoms with Crippen molar-refractivity contribution in [2.24, 2.45) is 5.92 Å². The lowest BCUT2D eigenvalue weighted by Crippen LogP contribution is -2.29. The first-order valence-electron chi connectivity index (χ1n) is 8.13. The van der Waals surface area contributed by atoms with E-state index < -0.39 is 5.82 Å². The molecule has 132 valence electrons. The molecule has 1 amide bonds. The van der Waals surface area contributed by atoms with Crippen molar-refractivity contribution in [2.45, 2.75) is 13.3 Å². The predicted octanol–water partition coefficient (Wildman–Crippen LogP) is 2.47. The molecule has 1 aliphatic rings. The standard InChI is InChI=1S/C18H20FN3O3/c1-12-3-6-17(21-20-12)25-11-13-7-8-22(10-13)18(23)14-4-5-16(24-2)15(19)9-14/h3-6,9,13H,7-8,10-11H2,1-2H3.